The van der Waals surface area contributed by atoms with E-state index in [0.717, 1.165) is 62.8 Å². The number of aliphatic hydroxyl groups is 1. The average Bonchev–Trinajstić information content (AvgIpc) is 3.46. The fourth-order valence-electron chi connectivity index (χ4n) is 5.37. The largest absolute Gasteiger partial charge is 0.387 e. The minimum atomic E-state index is -0.501. The first-order chi connectivity index (χ1) is 14.2. The average molecular weight is 395 g/mol. The van der Waals surface area contributed by atoms with E-state index in [2.05, 4.69) is 32.9 Å². The highest BCUT2D eigenvalue weighted by Crippen LogP contribution is 2.31. The predicted octanol–water partition coefficient (Wildman–Crippen LogP) is 2.73. The molecule has 0 aromatic carbocycles. The molecule has 29 heavy (non-hydrogen) atoms. The summed E-state index contributed by atoms with van der Waals surface area (Å²) in [6.07, 6.45) is 17.8. The summed E-state index contributed by atoms with van der Waals surface area (Å²) in [7, 11) is 0. The van der Waals surface area contributed by atoms with Gasteiger partial charge in [0.05, 0.1) is 29.8 Å². The Morgan fingerprint density at radius 3 is 2.83 bits per heavy atom. The monoisotopic (exact) mass is 394 g/mol. The molecule has 0 bridgehead atoms. The van der Waals surface area contributed by atoms with Gasteiger partial charge in [0, 0.05) is 24.4 Å². The van der Waals surface area contributed by atoms with E-state index in [4.69, 9.17) is 0 Å². The second-order valence-corrected chi connectivity index (χ2v) is 8.84. The third-order valence-corrected chi connectivity index (χ3v) is 6.99. The smallest absolute Gasteiger partial charge is 0.317 e. The lowest BCUT2D eigenvalue weighted by atomic mass is 9.89. The first kappa shape index (κ1) is 18.7. The van der Waals surface area contributed by atoms with Gasteiger partial charge < -0.3 is 15.3 Å². The molecule has 1 atom stereocenters. The predicted molar refractivity (Wildman–Crippen MR) is 112 cm³/mol. The molecular formula is C23H30N4O2. The molecule has 3 aliphatic rings. The minimum absolute atomic E-state index is 0.100. The third kappa shape index (κ3) is 3.54. The Labute approximate surface area is 171 Å². The zero-order valence-corrected chi connectivity index (χ0v) is 16.9. The highest BCUT2D eigenvalue weighted by molar-refractivity contribution is 5.74. The van der Waals surface area contributed by atoms with Crippen molar-refractivity contribution >= 4 is 17.6 Å². The number of carbonyl (C=O) groups excluding carboxylic acids is 1. The number of nitrogens with one attached hydrogen (secondary N) is 1. The number of piperidine rings is 1. The lowest BCUT2D eigenvalue weighted by molar-refractivity contribution is 0.109. The maximum Gasteiger partial charge on any atom is 0.317 e. The van der Waals surface area contributed by atoms with Crippen molar-refractivity contribution in [2.45, 2.75) is 63.5 Å². The first-order valence-electron chi connectivity index (χ1n) is 11.1. The Hall–Kier alpha value is -2.34. The number of imidazole rings is 1. The first-order valence-corrected chi connectivity index (χ1v) is 11.1. The molecule has 2 aliphatic carbocycles. The highest BCUT2D eigenvalue weighted by Gasteiger charge is 2.29. The number of carbonyl (C=O) groups is 1. The molecule has 6 heteroatoms. The number of amides is 2. The fourth-order valence-corrected chi connectivity index (χ4v) is 5.37. The summed E-state index contributed by atoms with van der Waals surface area (Å²) in [6.45, 7) is 1.57. The minimum Gasteiger partial charge on any atom is -0.387 e. The number of rotatable bonds is 4. The van der Waals surface area contributed by atoms with Crippen LogP contribution in [0.25, 0.3) is 11.6 Å². The van der Waals surface area contributed by atoms with Gasteiger partial charge in [-0.05, 0) is 50.0 Å². The molecule has 2 aromatic heterocycles. The zero-order chi connectivity index (χ0) is 19.8. The number of aliphatic hydroxyl groups excluding tert-OH is 1. The van der Waals surface area contributed by atoms with Gasteiger partial charge in [0.25, 0.3) is 0 Å². The Bertz CT molecular complexity index is 965. The summed E-state index contributed by atoms with van der Waals surface area (Å²) >= 11 is 0. The van der Waals surface area contributed by atoms with Crippen molar-refractivity contribution in [2.24, 2.45) is 5.92 Å². The normalized spacial score (nSPS) is 21.3. The van der Waals surface area contributed by atoms with E-state index in [1.54, 1.807) is 0 Å². The summed E-state index contributed by atoms with van der Waals surface area (Å²) in [5.41, 5.74) is 3.30. The van der Waals surface area contributed by atoms with Crippen LogP contribution in [0.2, 0.25) is 0 Å². The van der Waals surface area contributed by atoms with Crippen molar-refractivity contribution in [1.82, 2.24) is 19.6 Å². The number of likely N-dealkylation sites (tertiary alicyclic amines) is 1. The molecule has 6 nitrogen and oxygen atoms in total. The molecular weight excluding hydrogens is 364 g/mol. The molecule has 2 fully saturated rings. The molecule has 2 aromatic rings. The number of hydrogen-bond acceptors (Lipinski definition) is 3. The van der Waals surface area contributed by atoms with Crippen molar-refractivity contribution in [1.29, 1.82) is 0 Å². The Morgan fingerprint density at radius 2 is 2.03 bits per heavy atom. The topological polar surface area (TPSA) is 69.9 Å². The van der Waals surface area contributed by atoms with E-state index in [9.17, 15) is 9.90 Å². The van der Waals surface area contributed by atoms with E-state index >= 15 is 0 Å². The van der Waals surface area contributed by atoms with Crippen LogP contribution in [0.4, 0.5) is 4.79 Å². The van der Waals surface area contributed by atoms with Crippen LogP contribution in [-0.2, 0) is 6.42 Å². The van der Waals surface area contributed by atoms with Crippen LogP contribution < -0.4 is 10.5 Å². The Balaban J connectivity index is 1.22. The van der Waals surface area contributed by atoms with Crippen LogP contribution in [0.5, 0.6) is 0 Å². The third-order valence-electron chi connectivity index (χ3n) is 6.99. The summed E-state index contributed by atoms with van der Waals surface area (Å²) in [4.78, 5) is 18.7. The summed E-state index contributed by atoms with van der Waals surface area (Å²) < 4.78 is 2.06. The van der Waals surface area contributed by atoms with Crippen LogP contribution in [0.1, 0.15) is 62.3 Å². The molecule has 1 unspecified atom stereocenters. The van der Waals surface area contributed by atoms with Gasteiger partial charge in [-0.15, -0.1) is 0 Å². The van der Waals surface area contributed by atoms with Crippen LogP contribution >= 0.6 is 0 Å². The number of allylic oxidation sites excluding steroid dienone is 2. The van der Waals surface area contributed by atoms with Crippen molar-refractivity contribution in [3.8, 4) is 0 Å². The zero-order valence-electron chi connectivity index (χ0n) is 16.9. The Kier molecular flexibility index (Phi) is 5.04. The van der Waals surface area contributed by atoms with Gasteiger partial charge >= 0.3 is 6.03 Å². The van der Waals surface area contributed by atoms with Gasteiger partial charge in [-0.2, -0.15) is 0 Å². The molecule has 154 valence electrons. The van der Waals surface area contributed by atoms with E-state index in [1.165, 1.54) is 23.6 Å². The molecule has 1 saturated carbocycles. The number of hydrogen-bond donors (Lipinski definition) is 2. The van der Waals surface area contributed by atoms with Crippen molar-refractivity contribution < 1.29 is 9.90 Å². The van der Waals surface area contributed by atoms with Crippen LogP contribution in [0.15, 0.2) is 24.7 Å². The van der Waals surface area contributed by atoms with Gasteiger partial charge in [0.1, 0.15) is 0 Å². The fraction of sp³-hybridized carbons (Fsp3) is 0.565. The maximum absolute atomic E-state index is 12.5. The molecule has 0 radical (unpaired) electrons. The van der Waals surface area contributed by atoms with E-state index < -0.39 is 6.10 Å². The molecule has 2 N–H and O–H groups in total. The molecule has 3 heterocycles. The van der Waals surface area contributed by atoms with Crippen molar-refractivity contribution in [3.63, 3.8) is 0 Å². The molecule has 1 saturated heterocycles. The quantitative estimate of drug-likeness (QED) is 0.838. The van der Waals surface area contributed by atoms with Gasteiger partial charge in [0.2, 0.25) is 0 Å². The number of nitrogens with zero attached hydrogens (tertiary/aromatic N) is 3. The van der Waals surface area contributed by atoms with E-state index in [0.29, 0.717) is 12.0 Å². The second kappa shape index (κ2) is 7.82. The van der Waals surface area contributed by atoms with Crippen molar-refractivity contribution in [3.05, 3.63) is 41.2 Å². The summed E-state index contributed by atoms with van der Waals surface area (Å²) in [6, 6.07) is 0.470. The lowest BCUT2D eigenvalue weighted by Gasteiger charge is -2.33. The number of fused-ring (bicyclic) bond motifs is 3. The van der Waals surface area contributed by atoms with Gasteiger partial charge in [0.15, 0.2) is 0 Å². The van der Waals surface area contributed by atoms with Crippen LogP contribution in [0.3, 0.4) is 0 Å². The summed E-state index contributed by atoms with van der Waals surface area (Å²) in [5, 5.41) is 15.5. The standard InChI is InChI=1S/C23H30N4O2/c28-21(22-19-8-4-3-7-18(19)20-14-24-15-27(20)22)13-16-9-11-26(12-10-16)23(29)25-17-5-1-2-6-17/h3-4,7,14-17,21,28H,1-2,5-6,8-13H2,(H,25,29). The van der Waals surface area contributed by atoms with Gasteiger partial charge in [-0.1, -0.05) is 31.1 Å². The molecule has 1 aliphatic heterocycles. The van der Waals surface area contributed by atoms with Crippen molar-refractivity contribution in [2.75, 3.05) is 13.1 Å². The molecule has 2 amide bonds. The van der Waals surface area contributed by atoms with E-state index in [1.807, 2.05) is 17.4 Å². The molecule has 5 rings (SSSR count). The summed E-state index contributed by atoms with van der Waals surface area (Å²) in [5.74, 6) is 0.438. The maximum atomic E-state index is 12.5. The lowest BCUT2D eigenvalue weighted by Crippen LogP contribution is -2.47. The number of aromatic nitrogens is 2. The number of urea groups is 1. The second-order valence-electron chi connectivity index (χ2n) is 8.84. The van der Waals surface area contributed by atoms with Gasteiger partial charge in [-0.25, -0.2) is 9.78 Å². The van der Waals surface area contributed by atoms with E-state index in [-0.39, 0.29) is 6.03 Å². The highest BCUT2D eigenvalue weighted by atomic mass is 16.3. The Morgan fingerprint density at radius 1 is 1.24 bits per heavy atom. The molecule has 0 spiro atoms. The van der Waals surface area contributed by atoms with Crippen LogP contribution in [-0.4, -0.2) is 44.6 Å². The SMILES string of the molecule is O=C(NC1CCCC1)N1CCC(CC(O)c2c3c(c4cncn24)=CC=CC3)CC1. The van der Waals surface area contributed by atoms with Crippen LogP contribution in [0, 0.1) is 5.92 Å². The van der Waals surface area contributed by atoms with Gasteiger partial charge in [-0.3, -0.25) is 4.40 Å².